The van der Waals surface area contributed by atoms with E-state index in [9.17, 15) is 18.0 Å². The average Bonchev–Trinajstić information content (AvgIpc) is 2.85. The smallest absolute Gasteiger partial charge is 0.325 e. The van der Waals surface area contributed by atoms with Crippen LogP contribution in [0.5, 0.6) is 0 Å². The highest BCUT2D eigenvalue weighted by atomic mass is 35.5. The van der Waals surface area contributed by atoms with Gasteiger partial charge in [-0.2, -0.15) is 13.2 Å². The van der Waals surface area contributed by atoms with Crippen molar-refractivity contribution >= 4 is 46.3 Å². The van der Waals surface area contributed by atoms with E-state index >= 15 is 0 Å². The number of anilines is 1. The molecule has 0 saturated heterocycles. The van der Waals surface area contributed by atoms with Gasteiger partial charge in [0.25, 0.3) is 0 Å². The maximum absolute atomic E-state index is 12.8. The van der Waals surface area contributed by atoms with Crippen molar-refractivity contribution in [3.63, 3.8) is 0 Å². The lowest BCUT2D eigenvalue weighted by Gasteiger charge is -2.13. The van der Waals surface area contributed by atoms with E-state index in [4.69, 9.17) is 11.6 Å². The van der Waals surface area contributed by atoms with Crippen LogP contribution in [0.3, 0.4) is 0 Å². The highest BCUT2D eigenvalue weighted by Crippen LogP contribution is 2.36. The lowest BCUT2D eigenvalue weighted by atomic mass is 10.2. The molecule has 1 aromatic heterocycles. The third-order valence-corrected chi connectivity index (χ3v) is 5.30. The number of aryl methyl sites for hydroxylation is 1. The highest BCUT2D eigenvalue weighted by molar-refractivity contribution is 8.02. The van der Waals surface area contributed by atoms with E-state index in [0.717, 1.165) is 22.2 Å². The molecule has 0 spiro atoms. The first-order valence-corrected chi connectivity index (χ1v) is 8.57. The molecule has 2 rings (SSSR count). The Hall–Kier alpha value is -1.25. The Morgan fingerprint density at radius 1 is 1.43 bits per heavy atom. The van der Waals surface area contributed by atoms with Gasteiger partial charge in [-0.1, -0.05) is 23.4 Å². The number of thioether (sulfide) groups is 1. The number of rotatable bonds is 4. The molecule has 1 amide bonds. The molecule has 0 saturated carbocycles. The second kappa shape index (κ2) is 7.11. The van der Waals surface area contributed by atoms with Crippen LogP contribution in [0.25, 0.3) is 0 Å². The molecule has 0 aliphatic heterocycles. The number of amides is 1. The van der Waals surface area contributed by atoms with E-state index in [1.165, 1.54) is 29.2 Å². The number of benzene rings is 1. The molecule has 0 fully saturated rings. The van der Waals surface area contributed by atoms with Crippen LogP contribution in [0, 0.1) is 6.92 Å². The molecule has 0 radical (unpaired) electrons. The van der Waals surface area contributed by atoms with Gasteiger partial charge in [-0.05, 0) is 32.0 Å². The molecule has 23 heavy (non-hydrogen) atoms. The van der Waals surface area contributed by atoms with E-state index in [1.54, 1.807) is 6.92 Å². The van der Waals surface area contributed by atoms with Crippen molar-refractivity contribution in [1.82, 2.24) is 4.98 Å². The second-order valence-electron chi connectivity index (χ2n) is 4.70. The van der Waals surface area contributed by atoms with Gasteiger partial charge in [0.05, 0.1) is 15.8 Å². The lowest BCUT2D eigenvalue weighted by molar-refractivity contribution is -0.137. The van der Waals surface area contributed by atoms with Crippen molar-refractivity contribution in [2.45, 2.75) is 29.6 Å². The Bertz CT molecular complexity index is 718. The van der Waals surface area contributed by atoms with Crippen LogP contribution >= 0.6 is 34.7 Å². The Morgan fingerprint density at radius 2 is 2.13 bits per heavy atom. The summed E-state index contributed by atoms with van der Waals surface area (Å²) in [6, 6.07) is 3.27. The number of alkyl halides is 3. The van der Waals surface area contributed by atoms with Crippen molar-refractivity contribution in [3.05, 3.63) is 39.9 Å². The van der Waals surface area contributed by atoms with Gasteiger partial charge < -0.3 is 5.32 Å². The van der Waals surface area contributed by atoms with Gasteiger partial charge in [0, 0.05) is 16.8 Å². The molecule has 124 valence electrons. The molecule has 0 aliphatic carbocycles. The number of nitrogens with zero attached hydrogens (tertiary/aromatic N) is 1. The van der Waals surface area contributed by atoms with Crippen LogP contribution in [0.2, 0.25) is 5.02 Å². The van der Waals surface area contributed by atoms with Crippen LogP contribution < -0.4 is 5.32 Å². The normalized spacial score (nSPS) is 13.0. The van der Waals surface area contributed by atoms with Crippen LogP contribution in [0.1, 0.15) is 18.2 Å². The fourth-order valence-corrected chi connectivity index (χ4v) is 3.87. The minimum absolute atomic E-state index is 0.0505. The van der Waals surface area contributed by atoms with Gasteiger partial charge in [-0.15, -0.1) is 11.3 Å². The summed E-state index contributed by atoms with van der Waals surface area (Å²) in [6.07, 6.45) is -4.57. The summed E-state index contributed by atoms with van der Waals surface area (Å²) in [5.74, 6) is -0.404. The van der Waals surface area contributed by atoms with Gasteiger partial charge >= 0.3 is 6.18 Å². The van der Waals surface area contributed by atoms with Crippen molar-refractivity contribution < 1.29 is 18.0 Å². The maximum Gasteiger partial charge on any atom is 0.417 e. The summed E-state index contributed by atoms with van der Waals surface area (Å²) >= 11 is 8.21. The molecule has 1 atom stereocenters. The molecule has 9 heteroatoms. The SMILES string of the molecule is Cc1csc(S[C@@H](C)C(=O)Nc2ccc(Cl)c(C(F)(F)F)c2)n1. The molecule has 2 aromatic rings. The Kier molecular flexibility index (Phi) is 5.59. The van der Waals surface area contributed by atoms with E-state index in [2.05, 4.69) is 10.3 Å². The first kappa shape index (κ1) is 18.1. The molecule has 3 nitrogen and oxygen atoms in total. The predicted molar refractivity (Wildman–Crippen MR) is 87.3 cm³/mol. The Labute approximate surface area is 144 Å². The van der Waals surface area contributed by atoms with Crippen LogP contribution in [0.4, 0.5) is 18.9 Å². The number of nitrogens with one attached hydrogen (secondary N) is 1. The number of thiazole rings is 1. The first-order chi connectivity index (χ1) is 10.7. The Balaban J connectivity index is 2.08. The van der Waals surface area contributed by atoms with Gasteiger partial charge in [0.2, 0.25) is 5.91 Å². The molecule has 1 aromatic carbocycles. The van der Waals surface area contributed by atoms with Gasteiger partial charge in [-0.25, -0.2) is 4.98 Å². The molecule has 0 aliphatic rings. The zero-order chi connectivity index (χ0) is 17.2. The lowest BCUT2D eigenvalue weighted by Crippen LogP contribution is -2.22. The number of hydrogen-bond acceptors (Lipinski definition) is 4. The van der Waals surface area contributed by atoms with Gasteiger partial charge in [0.1, 0.15) is 0 Å². The summed E-state index contributed by atoms with van der Waals surface area (Å²) in [7, 11) is 0. The van der Waals surface area contributed by atoms with Crippen molar-refractivity contribution in [2.75, 3.05) is 5.32 Å². The zero-order valence-electron chi connectivity index (χ0n) is 12.1. The fourth-order valence-electron chi connectivity index (χ4n) is 1.66. The van der Waals surface area contributed by atoms with Crippen LogP contribution in [-0.2, 0) is 11.0 Å². The summed E-state index contributed by atoms with van der Waals surface area (Å²) in [4.78, 5) is 16.3. The summed E-state index contributed by atoms with van der Waals surface area (Å²) in [6.45, 7) is 3.51. The molecular weight excluding hydrogens is 369 g/mol. The minimum atomic E-state index is -4.57. The molecule has 0 bridgehead atoms. The number of halogens is 4. The number of carbonyl (C=O) groups is 1. The summed E-state index contributed by atoms with van der Waals surface area (Å²) < 4.78 is 39.2. The quantitative estimate of drug-likeness (QED) is 0.737. The van der Waals surface area contributed by atoms with Crippen molar-refractivity contribution in [2.24, 2.45) is 0 Å². The topological polar surface area (TPSA) is 42.0 Å². The molecule has 1 heterocycles. The largest absolute Gasteiger partial charge is 0.417 e. The molecular formula is C14H12ClF3N2OS2. The highest BCUT2D eigenvalue weighted by Gasteiger charge is 2.33. The third kappa shape index (κ3) is 4.86. The molecule has 1 N–H and O–H groups in total. The number of aromatic nitrogens is 1. The first-order valence-electron chi connectivity index (χ1n) is 6.43. The summed E-state index contributed by atoms with van der Waals surface area (Å²) in [5.41, 5.74) is -0.0695. The fraction of sp³-hybridized carbons (Fsp3) is 0.286. The number of carbonyl (C=O) groups excluding carboxylic acids is 1. The number of hydrogen-bond donors (Lipinski definition) is 1. The van der Waals surface area contributed by atoms with Crippen LogP contribution in [-0.4, -0.2) is 16.1 Å². The van der Waals surface area contributed by atoms with E-state index in [0.29, 0.717) is 0 Å². The zero-order valence-corrected chi connectivity index (χ0v) is 14.5. The van der Waals surface area contributed by atoms with Gasteiger partial charge in [-0.3, -0.25) is 4.79 Å². The third-order valence-electron chi connectivity index (χ3n) is 2.78. The maximum atomic E-state index is 12.8. The monoisotopic (exact) mass is 380 g/mol. The van der Waals surface area contributed by atoms with E-state index < -0.39 is 27.9 Å². The standard InChI is InChI=1S/C14H12ClF3N2OS2/c1-7-6-22-13(19-7)23-8(2)12(21)20-9-3-4-11(15)10(5-9)14(16,17)18/h3-6,8H,1-2H3,(H,20,21)/t8-/m0/s1. The molecule has 0 unspecified atom stereocenters. The van der Waals surface area contributed by atoms with E-state index in [1.807, 2.05) is 12.3 Å². The van der Waals surface area contributed by atoms with Crippen molar-refractivity contribution in [3.8, 4) is 0 Å². The summed E-state index contributed by atoms with van der Waals surface area (Å²) in [5, 5.41) is 3.43. The predicted octanol–water partition coefficient (Wildman–Crippen LogP) is 5.24. The van der Waals surface area contributed by atoms with Gasteiger partial charge in [0.15, 0.2) is 4.34 Å². The van der Waals surface area contributed by atoms with Crippen molar-refractivity contribution in [1.29, 1.82) is 0 Å². The minimum Gasteiger partial charge on any atom is -0.325 e. The average molecular weight is 381 g/mol. The van der Waals surface area contributed by atoms with E-state index in [-0.39, 0.29) is 5.69 Å². The Morgan fingerprint density at radius 3 is 2.70 bits per heavy atom. The van der Waals surface area contributed by atoms with Crippen LogP contribution in [0.15, 0.2) is 27.9 Å². The second-order valence-corrected chi connectivity index (χ2v) is 7.55.